The van der Waals surface area contributed by atoms with Crippen LogP contribution in [0.3, 0.4) is 0 Å². The quantitative estimate of drug-likeness (QED) is 0.399. The number of aromatic nitrogens is 2. The van der Waals surface area contributed by atoms with Gasteiger partial charge >= 0.3 is 10.2 Å². The third-order valence-corrected chi connectivity index (χ3v) is 7.47. The monoisotopic (exact) mass is 501 g/mol. The van der Waals surface area contributed by atoms with Gasteiger partial charge in [-0.2, -0.15) is 12.7 Å². The highest BCUT2D eigenvalue weighted by molar-refractivity contribution is 7.98. The molecule has 4 rings (SSSR count). The Labute approximate surface area is 195 Å². The van der Waals surface area contributed by atoms with Gasteiger partial charge in [0.15, 0.2) is 22.6 Å². The lowest BCUT2D eigenvalue weighted by atomic mass is 10.2. The maximum atomic E-state index is 14.0. The molecule has 2 saturated heterocycles. The van der Waals surface area contributed by atoms with Crippen LogP contribution in [0.2, 0.25) is 0 Å². The molecule has 180 valence electrons. The molecule has 1 atom stereocenters. The highest BCUT2D eigenvalue weighted by Crippen LogP contribution is 2.27. The normalized spacial score (nSPS) is 20.4. The number of hydrogen-bond donors (Lipinski definition) is 2. The summed E-state index contributed by atoms with van der Waals surface area (Å²) in [6, 6.07) is 5.42. The van der Waals surface area contributed by atoms with Gasteiger partial charge in [-0.3, -0.25) is 4.72 Å². The Balaban J connectivity index is 1.51. The van der Waals surface area contributed by atoms with Crippen LogP contribution in [0, 0.1) is 11.6 Å². The topological polar surface area (TPSA) is 106 Å². The Morgan fingerprint density at radius 1 is 1.24 bits per heavy atom. The van der Waals surface area contributed by atoms with Crippen molar-refractivity contribution in [1.29, 1.82) is 0 Å². The molecule has 33 heavy (non-hydrogen) atoms. The van der Waals surface area contributed by atoms with Crippen LogP contribution >= 0.6 is 11.8 Å². The predicted octanol–water partition coefficient (Wildman–Crippen LogP) is 2.97. The number of nitrogens with one attached hydrogen (secondary N) is 2. The van der Waals surface area contributed by atoms with Gasteiger partial charge in [-0.15, -0.1) is 0 Å². The van der Waals surface area contributed by atoms with E-state index in [2.05, 4.69) is 20.0 Å². The largest absolute Gasteiger partial charge is 0.367 e. The first-order valence-electron chi connectivity index (χ1n) is 10.4. The molecule has 0 radical (unpaired) electrons. The molecule has 0 amide bonds. The molecule has 1 aromatic carbocycles. The molecule has 9 nitrogen and oxygen atoms in total. The predicted molar refractivity (Wildman–Crippen MR) is 120 cm³/mol. The lowest BCUT2D eigenvalue weighted by molar-refractivity contribution is -0.136. The second kappa shape index (κ2) is 9.66. The first-order chi connectivity index (χ1) is 15.6. The van der Waals surface area contributed by atoms with Crippen molar-refractivity contribution < 1.29 is 26.7 Å². The van der Waals surface area contributed by atoms with Crippen LogP contribution in [0.4, 0.5) is 20.4 Å². The van der Waals surface area contributed by atoms with E-state index in [-0.39, 0.29) is 28.4 Å². The number of anilines is 2. The lowest BCUT2D eigenvalue weighted by Crippen LogP contribution is -2.45. The van der Waals surface area contributed by atoms with Crippen LogP contribution in [0.1, 0.15) is 25.8 Å². The standard InChI is InChI=1S/C20H25F2N5O4S2/c1-20(2)30-11-14(31-20)10-23-16-9-17(26-33(28,29)27-7-4-8-27)25-19(24-16)32-12-13-5-3-6-15(21)18(13)22/h3,5-6,9,14H,4,7-8,10-12H2,1-2H3,(H2,23,24,25,26)/t14-/m1/s1. The molecule has 2 aliphatic rings. The summed E-state index contributed by atoms with van der Waals surface area (Å²) in [5, 5.41) is 3.32. The van der Waals surface area contributed by atoms with Crippen molar-refractivity contribution in [2.75, 3.05) is 36.3 Å². The van der Waals surface area contributed by atoms with Gasteiger partial charge in [0.05, 0.1) is 6.61 Å². The summed E-state index contributed by atoms with van der Waals surface area (Å²) in [7, 11) is -3.73. The van der Waals surface area contributed by atoms with Crippen molar-refractivity contribution in [3.63, 3.8) is 0 Å². The van der Waals surface area contributed by atoms with Crippen molar-refractivity contribution in [3.8, 4) is 0 Å². The van der Waals surface area contributed by atoms with Gasteiger partial charge in [0.1, 0.15) is 17.7 Å². The van der Waals surface area contributed by atoms with Gasteiger partial charge in [0.2, 0.25) is 0 Å². The molecular formula is C20H25F2N5O4S2. The van der Waals surface area contributed by atoms with Crippen LogP contribution in [0.25, 0.3) is 0 Å². The van der Waals surface area contributed by atoms with Gasteiger partial charge < -0.3 is 14.8 Å². The number of hydrogen-bond acceptors (Lipinski definition) is 8. The van der Waals surface area contributed by atoms with E-state index >= 15 is 0 Å². The molecular weight excluding hydrogens is 476 g/mol. The minimum atomic E-state index is -3.73. The summed E-state index contributed by atoms with van der Waals surface area (Å²) in [6.07, 6.45) is 0.589. The summed E-state index contributed by atoms with van der Waals surface area (Å²) in [4.78, 5) is 8.64. The molecule has 2 aromatic rings. The fourth-order valence-electron chi connectivity index (χ4n) is 3.24. The van der Waals surface area contributed by atoms with Crippen molar-refractivity contribution in [3.05, 3.63) is 41.5 Å². The minimum Gasteiger partial charge on any atom is -0.367 e. The Hall–Kier alpha value is -2.06. The highest BCUT2D eigenvalue weighted by atomic mass is 32.2. The van der Waals surface area contributed by atoms with Crippen LogP contribution < -0.4 is 10.0 Å². The van der Waals surface area contributed by atoms with Crippen molar-refractivity contribution >= 4 is 33.6 Å². The second-order valence-electron chi connectivity index (χ2n) is 8.11. The molecule has 2 N–H and O–H groups in total. The zero-order valence-electron chi connectivity index (χ0n) is 18.2. The zero-order chi connectivity index (χ0) is 23.6. The molecule has 0 spiro atoms. The number of halogens is 2. The smallest absolute Gasteiger partial charge is 0.302 e. The van der Waals surface area contributed by atoms with Crippen molar-refractivity contribution in [2.45, 2.75) is 43.1 Å². The van der Waals surface area contributed by atoms with Gasteiger partial charge in [0, 0.05) is 37.0 Å². The number of rotatable bonds is 9. The van der Waals surface area contributed by atoms with Crippen molar-refractivity contribution in [1.82, 2.24) is 14.3 Å². The van der Waals surface area contributed by atoms with Crippen LogP contribution in [-0.2, 0) is 25.4 Å². The molecule has 3 heterocycles. The average molecular weight is 502 g/mol. The van der Waals surface area contributed by atoms with E-state index in [1.807, 2.05) is 13.8 Å². The minimum absolute atomic E-state index is 0.0686. The van der Waals surface area contributed by atoms with Crippen molar-refractivity contribution in [2.24, 2.45) is 0 Å². The number of thioether (sulfide) groups is 1. The Bertz CT molecular complexity index is 1120. The van der Waals surface area contributed by atoms with Gasteiger partial charge in [-0.1, -0.05) is 23.9 Å². The Morgan fingerprint density at radius 2 is 2.00 bits per heavy atom. The van der Waals surface area contributed by atoms with E-state index in [0.29, 0.717) is 32.1 Å². The van der Waals surface area contributed by atoms with E-state index in [1.54, 1.807) is 0 Å². The fraction of sp³-hybridized carbons (Fsp3) is 0.500. The van der Waals surface area contributed by atoms with Gasteiger partial charge in [0.25, 0.3) is 0 Å². The number of ether oxygens (including phenoxy) is 2. The molecule has 0 unspecified atom stereocenters. The third-order valence-electron chi connectivity index (χ3n) is 5.06. The molecule has 2 aliphatic heterocycles. The van der Waals surface area contributed by atoms with E-state index in [9.17, 15) is 17.2 Å². The maximum Gasteiger partial charge on any atom is 0.302 e. The molecule has 13 heteroatoms. The molecule has 2 fully saturated rings. The summed E-state index contributed by atoms with van der Waals surface area (Å²) >= 11 is 1.06. The fourth-order valence-corrected chi connectivity index (χ4v) is 5.31. The summed E-state index contributed by atoms with van der Waals surface area (Å²) in [5.41, 5.74) is 0.156. The van der Waals surface area contributed by atoms with Gasteiger partial charge in [-0.25, -0.2) is 18.7 Å². The van der Waals surface area contributed by atoms with Crippen LogP contribution in [-0.4, -0.2) is 60.8 Å². The average Bonchev–Trinajstić information content (AvgIpc) is 3.04. The summed E-state index contributed by atoms with van der Waals surface area (Å²) in [6.45, 7) is 5.31. The lowest BCUT2D eigenvalue weighted by Gasteiger charge is -2.29. The second-order valence-corrected chi connectivity index (χ2v) is 10.7. The SMILES string of the molecule is CC1(C)OC[C@@H](CNc2cc(NS(=O)(=O)N3CCC3)nc(SCc3cccc(F)c3F)n2)O1. The van der Waals surface area contributed by atoms with Gasteiger partial charge in [-0.05, 0) is 26.3 Å². The first kappa shape index (κ1) is 24.1. The molecule has 0 saturated carbocycles. The number of nitrogens with zero attached hydrogens (tertiary/aromatic N) is 3. The van der Waals surface area contributed by atoms with Crippen LogP contribution in [0.5, 0.6) is 0 Å². The molecule has 1 aromatic heterocycles. The van der Waals surface area contributed by atoms with E-state index in [0.717, 1.165) is 24.2 Å². The molecule has 0 bridgehead atoms. The summed E-state index contributed by atoms with van der Waals surface area (Å²) < 4.78 is 67.6. The van der Waals surface area contributed by atoms with Crippen LogP contribution in [0.15, 0.2) is 29.4 Å². The number of benzene rings is 1. The van der Waals surface area contributed by atoms with E-state index in [1.165, 1.54) is 22.5 Å². The highest BCUT2D eigenvalue weighted by Gasteiger charge is 2.32. The van der Waals surface area contributed by atoms with E-state index in [4.69, 9.17) is 9.47 Å². The Morgan fingerprint density at radius 3 is 2.67 bits per heavy atom. The third kappa shape index (κ3) is 6.09. The zero-order valence-corrected chi connectivity index (χ0v) is 19.8. The maximum absolute atomic E-state index is 14.0. The Kier molecular flexibility index (Phi) is 7.05. The molecule has 0 aliphatic carbocycles. The summed E-state index contributed by atoms with van der Waals surface area (Å²) in [5.74, 6) is -2.04. The van der Waals surface area contributed by atoms with E-state index < -0.39 is 27.6 Å². The first-order valence-corrected chi connectivity index (χ1v) is 12.8.